The molecular formula is C23H23FN4O. The number of piperazine rings is 1. The van der Waals surface area contributed by atoms with Crippen molar-refractivity contribution in [2.24, 2.45) is 10.9 Å². The van der Waals surface area contributed by atoms with E-state index in [0.717, 1.165) is 57.0 Å². The largest absolute Gasteiger partial charge is 0.369 e. The molecule has 0 radical (unpaired) electrons. The van der Waals surface area contributed by atoms with Gasteiger partial charge in [0.2, 0.25) is 0 Å². The van der Waals surface area contributed by atoms with E-state index >= 15 is 0 Å². The van der Waals surface area contributed by atoms with Crippen LogP contribution >= 0.6 is 0 Å². The maximum atomic E-state index is 13.8. The van der Waals surface area contributed by atoms with Gasteiger partial charge < -0.3 is 4.90 Å². The van der Waals surface area contributed by atoms with Crippen LogP contribution in [0.2, 0.25) is 0 Å². The van der Waals surface area contributed by atoms with Gasteiger partial charge in [-0.25, -0.2) is 9.38 Å². The molecule has 6 heteroatoms. The fraction of sp³-hybridized carbons (Fsp3) is 0.348. The standard InChI is InChI=1S/C23H23FN4O/c24-21-5-1-3-18-15-19(26-23(29)22(18)21)4-2-10-27-11-13-28(14-12-27)20-8-6-17(16-25)7-9-20/h1,3,5-9,15,22H,2,4,10-14H2. The fourth-order valence-electron chi connectivity index (χ4n) is 4.01. The first kappa shape index (κ1) is 19.3. The molecule has 1 amide bonds. The van der Waals surface area contributed by atoms with Crippen LogP contribution in [0.15, 0.2) is 65.0 Å². The Morgan fingerprint density at radius 1 is 1.17 bits per heavy atom. The van der Waals surface area contributed by atoms with E-state index in [-0.39, 0.29) is 0 Å². The number of fused-ring (bicyclic) bond motifs is 1. The minimum atomic E-state index is -0.834. The predicted molar refractivity (Wildman–Crippen MR) is 111 cm³/mol. The van der Waals surface area contributed by atoms with Gasteiger partial charge in [0.1, 0.15) is 11.7 Å². The summed E-state index contributed by atoms with van der Waals surface area (Å²) in [5.41, 5.74) is 3.29. The molecule has 1 aliphatic carbocycles. The van der Waals surface area contributed by atoms with E-state index in [0.29, 0.717) is 11.1 Å². The summed E-state index contributed by atoms with van der Waals surface area (Å²) in [4.78, 5) is 21.0. The van der Waals surface area contributed by atoms with Gasteiger partial charge >= 0.3 is 0 Å². The molecule has 3 aliphatic rings. The molecule has 148 valence electrons. The highest BCUT2D eigenvalue weighted by molar-refractivity contribution is 6.08. The third-order valence-electron chi connectivity index (χ3n) is 5.63. The van der Waals surface area contributed by atoms with Crippen molar-refractivity contribution < 1.29 is 9.18 Å². The van der Waals surface area contributed by atoms with Gasteiger partial charge in [-0.3, -0.25) is 9.69 Å². The molecule has 2 aliphatic heterocycles. The van der Waals surface area contributed by atoms with Gasteiger partial charge in [0, 0.05) is 37.6 Å². The van der Waals surface area contributed by atoms with Gasteiger partial charge in [-0.2, -0.15) is 5.26 Å². The number of aliphatic imine (C=N–C) groups is 1. The van der Waals surface area contributed by atoms with Gasteiger partial charge in [0.25, 0.3) is 5.91 Å². The summed E-state index contributed by atoms with van der Waals surface area (Å²) in [6, 6.07) is 9.87. The Balaban J connectivity index is 1.24. The van der Waals surface area contributed by atoms with E-state index in [9.17, 15) is 9.18 Å². The van der Waals surface area contributed by atoms with Crippen LogP contribution in [0.5, 0.6) is 0 Å². The minimum absolute atomic E-state index is 0.397. The second kappa shape index (κ2) is 8.54. The third kappa shape index (κ3) is 4.36. The predicted octanol–water partition coefficient (Wildman–Crippen LogP) is 3.41. The third-order valence-corrected chi connectivity index (χ3v) is 5.63. The second-order valence-electron chi connectivity index (χ2n) is 7.52. The number of dihydropyridines is 1. The van der Waals surface area contributed by atoms with Crippen molar-refractivity contribution in [1.29, 1.82) is 5.26 Å². The van der Waals surface area contributed by atoms with Crippen molar-refractivity contribution in [2.45, 2.75) is 12.8 Å². The van der Waals surface area contributed by atoms with Crippen LogP contribution in [-0.2, 0) is 4.79 Å². The lowest BCUT2D eigenvalue weighted by molar-refractivity contribution is -0.119. The van der Waals surface area contributed by atoms with Crippen LogP contribution in [0.3, 0.4) is 0 Å². The number of halogens is 1. The Hall–Kier alpha value is -3.04. The van der Waals surface area contributed by atoms with E-state index in [1.165, 1.54) is 6.08 Å². The van der Waals surface area contributed by atoms with E-state index in [1.807, 2.05) is 30.3 Å². The summed E-state index contributed by atoms with van der Waals surface area (Å²) < 4.78 is 13.8. The van der Waals surface area contributed by atoms with Crippen molar-refractivity contribution >= 4 is 17.3 Å². The molecule has 0 aromatic heterocycles. The molecule has 1 unspecified atom stereocenters. The van der Waals surface area contributed by atoms with Gasteiger partial charge in [0.05, 0.1) is 11.6 Å². The van der Waals surface area contributed by atoms with Crippen LogP contribution in [0.1, 0.15) is 18.4 Å². The molecule has 0 saturated carbocycles. The van der Waals surface area contributed by atoms with Gasteiger partial charge in [-0.1, -0.05) is 12.2 Å². The summed E-state index contributed by atoms with van der Waals surface area (Å²) in [6.07, 6.45) is 8.26. The molecule has 0 spiro atoms. The van der Waals surface area contributed by atoms with Crippen molar-refractivity contribution in [3.8, 4) is 6.07 Å². The zero-order chi connectivity index (χ0) is 20.2. The highest BCUT2D eigenvalue weighted by atomic mass is 19.1. The van der Waals surface area contributed by atoms with E-state index in [1.54, 1.807) is 12.2 Å². The van der Waals surface area contributed by atoms with Gasteiger partial charge in [-0.05, 0) is 61.4 Å². The molecule has 29 heavy (non-hydrogen) atoms. The Morgan fingerprint density at radius 3 is 2.66 bits per heavy atom. The highest BCUT2D eigenvalue weighted by Gasteiger charge is 2.30. The van der Waals surface area contributed by atoms with E-state index in [4.69, 9.17) is 5.26 Å². The second-order valence-corrected chi connectivity index (χ2v) is 7.52. The average molecular weight is 390 g/mol. The maximum absolute atomic E-state index is 13.8. The molecule has 2 heterocycles. The van der Waals surface area contributed by atoms with Gasteiger partial charge in [0.15, 0.2) is 0 Å². The van der Waals surface area contributed by atoms with Crippen LogP contribution in [0, 0.1) is 17.2 Å². The SMILES string of the molecule is N#Cc1ccc(N2CCN(CCCC3=NC(=O)C4C(F)=CC=CC4=C3)CC2)cc1. The lowest BCUT2D eigenvalue weighted by atomic mass is 9.89. The number of hydrogen-bond donors (Lipinski definition) is 0. The molecule has 1 saturated heterocycles. The number of anilines is 1. The van der Waals surface area contributed by atoms with Crippen LogP contribution in [0.4, 0.5) is 10.1 Å². The monoisotopic (exact) mass is 390 g/mol. The molecule has 1 aromatic carbocycles. The first-order valence-corrected chi connectivity index (χ1v) is 9.98. The minimum Gasteiger partial charge on any atom is -0.369 e. The zero-order valence-electron chi connectivity index (χ0n) is 16.2. The number of carbonyl (C=O) groups is 1. The van der Waals surface area contributed by atoms with Crippen LogP contribution in [0.25, 0.3) is 0 Å². The molecule has 1 atom stereocenters. The first-order valence-electron chi connectivity index (χ1n) is 9.98. The smallest absolute Gasteiger partial charge is 0.260 e. The van der Waals surface area contributed by atoms with E-state index in [2.05, 4.69) is 20.9 Å². The molecule has 0 bridgehead atoms. The fourth-order valence-corrected chi connectivity index (χ4v) is 4.01. The topological polar surface area (TPSA) is 59.7 Å². The molecule has 4 rings (SSSR count). The number of nitrogens with zero attached hydrogens (tertiary/aromatic N) is 4. The van der Waals surface area contributed by atoms with E-state index < -0.39 is 17.7 Å². The zero-order valence-corrected chi connectivity index (χ0v) is 16.2. The number of rotatable bonds is 5. The average Bonchev–Trinajstić information content (AvgIpc) is 2.74. The molecule has 1 fully saturated rings. The maximum Gasteiger partial charge on any atom is 0.260 e. The number of benzene rings is 1. The Bertz CT molecular complexity index is 944. The number of amides is 1. The van der Waals surface area contributed by atoms with Crippen molar-refractivity contribution in [1.82, 2.24) is 4.90 Å². The molecule has 0 N–H and O–H groups in total. The first-order chi connectivity index (χ1) is 14.1. The van der Waals surface area contributed by atoms with Crippen LogP contribution in [-0.4, -0.2) is 49.2 Å². The number of hydrogen-bond acceptors (Lipinski definition) is 4. The Morgan fingerprint density at radius 2 is 1.93 bits per heavy atom. The van der Waals surface area contributed by atoms with Crippen molar-refractivity contribution in [2.75, 3.05) is 37.6 Å². The lowest BCUT2D eigenvalue weighted by Crippen LogP contribution is -2.46. The highest BCUT2D eigenvalue weighted by Crippen LogP contribution is 2.31. The van der Waals surface area contributed by atoms with Gasteiger partial charge in [-0.15, -0.1) is 0 Å². The molecule has 5 nitrogen and oxygen atoms in total. The molecular weight excluding hydrogens is 367 g/mol. The van der Waals surface area contributed by atoms with Crippen molar-refractivity contribution in [3.63, 3.8) is 0 Å². The number of carbonyl (C=O) groups excluding carboxylic acids is 1. The normalized spacial score (nSPS) is 21.8. The Kier molecular flexibility index (Phi) is 5.68. The summed E-state index contributed by atoms with van der Waals surface area (Å²) in [7, 11) is 0. The lowest BCUT2D eigenvalue weighted by Gasteiger charge is -2.36. The number of nitriles is 1. The summed E-state index contributed by atoms with van der Waals surface area (Å²) in [6.45, 7) is 4.81. The van der Waals surface area contributed by atoms with Crippen molar-refractivity contribution in [3.05, 3.63) is 65.5 Å². The summed E-state index contributed by atoms with van der Waals surface area (Å²) in [5, 5.41) is 8.91. The van der Waals surface area contributed by atoms with Crippen LogP contribution < -0.4 is 4.90 Å². The quantitative estimate of drug-likeness (QED) is 0.773. The summed E-state index contributed by atoms with van der Waals surface area (Å²) in [5.74, 6) is -1.66. The Labute approximate surface area is 170 Å². The number of allylic oxidation sites excluding steroid dienone is 4. The summed E-state index contributed by atoms with van der Waals surface area (Å²) >= 11 is 0. The molecule has 1 aromatic rings.